The Morgan fingerprint density at radius 3 is 2.48 bits per heavy atom. The largest absolute Gasteiger partial charge is 0.493 e. The zero-order chi connectivity index (χ0) is 16.3. The summed E-state index contributed by atoms with van der Waals surface area (Å²) in [6, 6.07) is 19.0. The van der Waals surface area contributed by atoms with Crippen molar-refractivity contribution in [1.29, 1.82) is 0 Å². The molecule has 0 aliphatic carbocycles. The predicted octanol–water partition coefficient (Wildman–Crippen LogP) is 4.83. The molecule has 0 fully saturated rings. The monoisotopic (exact) mass is 311 g/mol. The number of ether oxygens (including phenoxy) is 1. The predicted molar refractivity (Wildman–Crippen MR) is 97.9 cm³/mol. The van der Waals surface area contributed by atoms with Gasteiger partial charge in [0, 0.05) is 12.1 Å². The minimum Gasteiger partial charge on any atom is -0.493 e. The van der Waals surface area contributed by atoms with Crippen LogP contribution < -0.4 is 10.1 Å². The van der Waals surface area contributed by atoms with E-state index in [1.54, 1.807) is 0 Å². The van der Waals surface area contributed by atoms with Crippen LogP contribution in [0.5, 0.6) is 5.75 Å². The van der Waals surface area contributed by atoms with E-state index in [0.717, 1.165) is 44.7 Å². The van der Waals surface area contributed by atoms with Crippen LogP contribution in [-0.2, 0) is 13.0 Å². The van der Waals surface area contributed by atoms with Crippen LogP contribution in [0.2, 0.25) is 0 Å². The molecule has 2 aromatic rings. The van der Waals surface area contributed by atoms with E-state index in [2.05, 4.69) is 67.7 Å². The number of benzene rings is 2. The van der Waals surface area contributed by atoms with Crippen molar-refractivity contribution >= 4 is 0 Å². The standard InChI is InChI=1S/C21H29NO/c1-18(2)14-16-23-21-13-7-6-12-20(21)17-22-15-8-11-19-9-4-3-5-10-19/h3-7,9-10,12-13,18,22H,8,11,14-17H2,1-2H3. The third kappa shape index (κ3) is 6.87. The molecule has 0 spiro atoms. The minimum atomic E-state index is 0.679. The molecular formula is C21H29NO. The number of nitrogens with one attached hydrogen (secondary N) is 1. The molecule has 2 nitrogen and oxygen atoms in total. The Morgan fingerprint density at radius 1 is 0.957 bits per heavy atom. The van der Waals surface area contributed by atoms with E-state index in [4.69, 9.17) is 4.74 Å². The summed E-state index contributed by atoms with van der Waals surface area (Å²) in [5.41, 5.74) is 2.66. The van der Waals surface area contributed by atoms with Crippen LogP contribution >= 0.6 is 0 Å². The summed E-state index contributed by atoms with van der Waals surface area (Å²) in [5.74, 6) is 1.70. The molecule has 0 radical (unpaired) electrons. The molecule has 0 saturated carbocycles. The van der Waals surface area contributed by atoms with E-state index in [-0.39, 0.29) is 0 Å². The second kappa shape index (κ2) is 10.1. The summed E-state index contributed by atoms with van der Waals surface area (Å²) in [4.78, 5) is 0. The molecule has 0 bridgehead atoms. The van der Waals surface area contributed by atoms with Crippen LogP contribution in [0.15, 0.2) is 54.6 Å². The first kappa shape index (κ1) is 17.6. The lowest BCUT2D eigenvalue weighted by Gasteiger charge is -2.13. The molecule has 0 atom stereocenters. The van der Waals surface area contributed by atoms with Gasteiger partial charge in [0.1, 0.15) is 5.75 Å². The summed E-state index contributed by atoms with van der Waals surface area (Å²) >= 11 is 0. The van der Waals surface area contributed by atoms with Gasteiger partial charge in [-0.1, -0.05) is 62.4 Å². The third-order valence-electron chi connectivity index (χ3n) is 3.90. The summed E-state index contributed by atoms with van der Waals surface area (Å²) in [6.45, 7) is 7.14. The average Bonchev–Trinajstić information content (AvgIpc) is 2.56. The second-order valence-electron chi connectivity index (χ2n) is 6.40. The fourth-order valence-corrected chi connectivity index (χ4v) is 2.48. The van der Waals surface area contributed by atoms with Gasteiger partial charge in [-0.15, -0.1) is 0 Å². The fraction of sp³-hybridized carbons (Fsp3) is 0.429. The van der Waals surface area contributed by atoms with Gasteiger partial charge in [-0.3, -0.25) is 0 Å². The van der Waals surface area contributed by atoms with E-state index in [1.165, 1.54) is 11.1 Å². The first-order valence-corrected chi connectivity index (χ1v) is 8.71. The second-order valence-corrected chi connectivity index (χ2v) is 6.40. The van der Waals surface area contributed by atoms with Crippen molar-refractivity contribution in [1.82, 2.24) is 5.32 Å². The third-order valence-corrected chi connectivity index (χ3v) is 3.90. The SMILES string of the molecule is CC(C)CCOc1ccccc1CNCCCc1ccccc1. The van der Waals surface area contributed by atoms with Crippen LogP contribution in [-0.4, -0.2) is 13.2 Å². The lowest BCUT2D eigenvalue weighted by atomic mass is 10.1. The Morgan fingerprint density at radius 2 is 1.70 bits per heavy atom. The van der Waals surface area contributed by atoms with Crippen molar-refractivity contribution in [3.63, 3.8) is 0 Å². The van der Waals surface area contributed by atoms with E-state index < -0.39 is 0 Å². The number of para-hydroxylation sites is 1. The van der Waals surface area contributed by atoms with E-state index >= 15 is 0 Å². The molecular weight excluding hydrogens is 282 g/mol. The Balaban J connectivity index is 1.70. The number of aryl methyl sites for hydroxylation is 1. The first-order valence-electron chi connectivity index (χ1n) is 8.71. The molecule has 0 aliphatic heterocycles. The molecule has 0 heterocycles. The molecule has 2 aromatic carbocycles. The quantitative estimate of drug-likeness (QED) is 0.634. The van der Waals surface area contributed by atoms with Crippen molar-refractivity contribution in [2.24, 2.45) is 5.92 Å². The Kier molecular flexibility index (Phi) is 7.68. The van der Waals surface area contributed by atoms with Gasteiger partial charge in [-0.05, 0) is 43.4 Å². The number of rotatable bonds is 10. The topological polar surface area (TPSA) is 21.3 Å². The van der Waals surface area contributed by atoms with Gasteiger partial charge in [-0.25, -0.2) is 0 Å². The molecule has 0 unspecified atom stereocenters. The zero-order valence-corrected chi connectivity index (χ0v) is 14.4. The van der Waals surface area contributed by atoms with E-state index in [9.17, 15) is 0 Å². The van der Waals surface area contributed by atoms with Crippen molar-refractivity contribution < 1.29 is 4.74 Å². The maximum absolute atomic E-state index is 5.93. The molecule has 0 saturated heterocycles. The Hall–Kier alpha value is -1.80. The molecule has 124 valence electrons. The highest BCUT2D eigenvalue weighted by Crippen LogP contribution is 2.18. The zero-order valence-electron chi connectivity index (χ0n) is 14.4. The Labute approximate surface area is 140 Å². The maximum atomic E-state index is 5.93. The van der Waals surface area contributed by atoms with Crippen LogP contribution in [0.25, 0.3) is 0 Å². The molecule has 1 N–H and O–H groups in total. The van der Waals surface area contributed by atoms with E-state index in [0.29, 0.717) is 5.92 Å². The van der Waals surface area contributed by atoms with Gasteiger partial charge >= 0.3 is 0 Å². The maximum Gasteiger partial charge on any atom is 0.123 e. The van der Waals surface area contributed by atoms with E-state index in [1.807, 2.05) is 6.07 Å². The molecule has 2 heteroatoms. The molecule has 0 aliphatic rings. The summed E-state index contributed by atoms with van der Waals surface area (Å²) < 4.78 is 5.93. The number of hydrogen-bond acceptors (Lipinski definition) is 2. The smallest absolute Gasteiger partial charge is 0.123 e. The van der Waals surface area contributed by atoms with Crippen molar-refractivity contribution in [2.75, 3.05) is 13.2 Å². The first-order chi connectivity index (χ1) is 11.3. The van der Waals surface area contributed by atoms with Crippen molar-refractivity contribution in [3.05, 3.63) is 65.7 Å². The van der Waals surface area contributed by atoms with Gasteiger partial charge in [0.05, 0.1) is 6.61 Å². The average molecular weight is 311 g/mol. The summed E-state index contributed by atoms with van der Waals surface area (Å²) in [6.07, 6.45) is 3.37. The van der Waals surface area contributed by atoms with Crippen molar-refractivity contribution in [3.8, 4) is 5.75 Å². The normalized spacial score (nSPS) is 10.9. The van der Waals surface area contributed by atoms with Crippen LogP contribution in [0, 0.1) is 5.92 Å². The van der Waals surface area contributed by atoms with Gasteiger partial charge in [-0.2, -0.15) is 0 Å². The van der Waals surface area contributed by atoms with Crippen LogP contribution in [0.3, 0.4) is 0 Å². The lowest BCUT2D eigenvalue weighted by Crippen LogP contribution is -2.16. The lowest BCUT2D eigenvalue weighted by molar-refractivity contribution is 0.286. The highest BCUT2D eigenvalue weighted by atomic mass is 16.5. The summed E-state index contributed by atoms with van der Waals surface area (Å²) in [7, 11) is 0. The van der Waals surface area contributed by atoms with Crippen molar-refractivity contribution in [2.45, 2.75) is 39.7 Å². The molecule has 2 rings (SSSR count). The van der Waals surface area contributed by atoms with Gasteiger partial charge < -0.3 is 10.1 Å². The van der Waals surface area contributed by atoms with Gasteiger partial charge in [0.15, 0.2) is 0 Å². The fourth-order valence-electron chi connectivity index (χ4n) is 2.48. The molecule has 0 amide bonds. The highest BCUT2D eigenvalue weighted by molar-refractivity contribution is 5.33. The van der Waals surface area contributed by atoms with Gasteiger partial charge in [0.25, 0.3) is 0 Å². The number of hydrogen-bond donors (Lipinski definition) is 1. The van der Waals surface area contributed by atoms with Gasteiger partial charge in [0.2, 0.25) is 0 Å². The molecule has 0 aromatic heterocycles. The highest BCUT2D eigenvalue weighted by Gasteiger charge is 2.03. The Bertz CT molecular complexity index is 551. The minimum absolute atomic E-state index is 0.679. The molecule has 23 heavy (non-hydrogen) atoms. The van der Waals surface area contributed by atoms with Crippen LogP contribution in [0.4, 0.5) is 0 Å². The summed E-state index contributed by atoms with van der Waals surface area (Å²) in [5, 5.41) is 3.53. The van der Waals surface area contributed by atoms with Crippen LogP contribution in [0.1, 0.15) is 37.8 Å².